The molecule has 0 N–H and O–H groups in total. The van der Waals surface area contributed by atoms with Gasteiger partial charge >= 0.3 is 0 Å². The highest BCUT2D eigenvalue weighted by molar-refractivity contribution is 5.92. The minimum absolute atomic E-state index is 0.0466. The molecule has 4 heteroatoms. The molecular formula is C10H8N2O2. The molecule has 1 aliphatic heterocycles. The zero-order valence-electron chi connectivity index (χ0n) is 7.43. The molecule has 14 heavy (non-hydrogen) atoms. The van der Waals surface area contributed by atoms with E-state index in [-0.39, 0.29) is 5.91 Å². The largest absolute Gasteiger partial charge is 0.272 e. The summed E-state index contributed by atoms with van der Waals surface area (Å²) in [6, 6.07) is 8.72. The number of hydrogen-bond donors (Lipinski definition) is 0. The molecule has 1 aromatic rings. The minimum atomic E-state index is -0.0466. The van der Waals surface area contributed by atoms with Gasteiger partial charge in [0, 0.05) is 0 Å². The van der Waals surface area contributed by atoms with Gasteiger partial charge in [0.2, 0.25) is 0 Å². The SMILES string of the molecule is N#Cc1ccc(N2OCCC2=O)cc1. The third-order valence-electron chi connectivity index (χ3n) is 1.99. The molecule has 0 aromatic heterocycles. The molecule has 2 rings (SSSR count). The smallest absolute Gasteiger partial charge is 0.253 e. The van der Waals surface area contributed by atoms with Crippen molar-refractivity contribution in [1.82, 2.24) is 0 Å². The maximum atomic E-state index is 11.3. The lowest BCUT2D eigenvalue weighted by molar-refractivity contribution is -0.119. The lowest BCUT2D eigenvalue weighted by atomic mass is 10.2. The van der Waals surface area contributed by atoms with E-state index in [1.54, 1.807) is 24.3 Å². The molecule has 0 saturated carbocycles. The molecule has 0 aliphatic carbocycles. The molecule has 1 aromatic carbocycles. The zero-order valence-corrected chi connectivity index (χ0v) is 7.43. The number of anilines is 1. The third-order valence-corrected chi connectivity index (χ3v) is 1.99. The first-order chi connectivity index (χ1) is 6.81. The molecular weight excluding hydrogens is 180 g/mol. The molecule has 1 fully saturated rings. The number of benzene rings is 1. The fourth-order valence-electron chi connectivity index (χ4n) is 1.29. The van der Waals surface area contributed by atoms with E-state index in [0.717, 1.165) is 0 Å². The van der Waals surface area contributed by atoms with E-state index < -0.39 is 0 Å². The Labute approximate surface area is 81.3 Å². The average molecular weight is 188 g/mol. The van der Waals surface area contributed by atoms with Gasteiger partial charge < -0.3 is 0 Å². The van der Waals surface area contributed by atoms with Crippen molar-refractivity contribution >= 4 is 11.6 Å². The summed E-state index contributed by atoms with van der Waals surface area (Å²) in [4.78, 5) is 16.4. The molecule has 0 radical (unpaired) electrons. The molecule has 1 amide bonds. The van der Waals surface area contributed by atoms with Gasteiger partial charge in [0.25, 0.3) is 5.91 Å². The summed E-state index contributed by atoms with van der Waals surface area (Å²) >= 11 is 0. The van der Waals surface area contributed by atoms with Gasteiger partial charge in [-0.1, -0.05) is 0 Å². The second-order valence-corrected chi connectivity index (χ2v) is 2.93. The quantitative estimate of drug-likeness (QED) is 0.666. The standard InChI is InChI=1S/C10H8N2O2/c11-7-8-1-3-9(4-2-8)12-10(13)5-6-14-12/h1-4H,5-6H2. The van der Waals surface area contributed by atoms with Crippen LogP contribution in [-0.2, 0) is 9.63 Å². The Hall–Kier alpha value is -1.86. The van der Waals surface area contributed by atoms with Gasteiger partial charge in [-0.3, -0.25) is 9.63 Å². The van der Waals surface area contributed by atoms with Crippen molar-refractivity contribution in [3.05, 3.63) is 29.8 Å². The van der Waals surface area contributed by atoms with E-state index in [1.807, 2.05) is 6.07 Å². The van der Waals surface area contributed by atoms with Crippen LogP contribution in [0.5, 0.6) is 0 Å². The number of hydroxylamine groups is 1. The zero-order chi connectivity index (χ0) is 9.97. The number of hydrogen-bond acceptors (Lipinski definition) is 3. The van der Waals surface area contributed by atoms with Crippen LogP contribution < -0.4 is 5.06 Å². The number of nitrogens with zero attached hydrogens (tertiary/aromatic N) is 2. The fraction of sp³-hybridized carbons (Fsp3) is 0.200. The van der Waals surface area contributed by atoms with Crippen molar-refractivity contribution in [2.75, 3.05) is 11.7 Å². The summed E-state index contributed by atoms with van der Waals surface area (Å²) in [5.41, 5.74) is 1.24. The van der Waals surface area contributed by atoms with Gasteiger partial charge in [-0.05, 0) is 24.3 Å². The second kappa shape index (κ2) is 3.48. The topological polar surface area (TPSA) is 53.3 Å². The average Bonchev–Trinajstić information content (AvgIpc) is 2.65. The number of carbonyl (C=O) groups excluding carboxylic acids is 1. The van der Waals surface area contributed by atoms with Crippen LogP contribution in [0.1, 0.15) is 12.0 Å². The van der Waals surface area contributed by atoms with Gasteiger partial charge in [-0.2, -0.15) is 10.3 Å². The molecule has 0 atom stereocenters. The van der Waals surface area contributed by atoms with Crippen LogP contribution >= 0.6 is 0 Å². The number of amides is 1. The van der Waals surface area contributed by atoms with Gasteiger partial charge in [0.05, 0.1) is 30.3 Å². The van der Waals surface area contributed by atoms with Crippen LogP contribution in [0.2, 0.25) is 0 Å². The summed E-state index contributed by atoms with van der Waals surface area (Å²) in [6.45, 7) is 0.429. The lowest BCUT2D eigenvalue weighted by Crippen LogP contribution is -2.21. The van der Waals surface area contributed by atoms with Crippen LogP contribution in [0, 0.1) is 11.3 Å². The first-order valence-electron chi connectivity index (χ1n) is 4.27. The van der Waals surface area contributed by atoms with E-state index in [1.165, 1.54) is 5.06 Å². The van der Waals surface area contributed by atoms with E-state index in [0.29, 0.717) is 24.3 Å². The van der Waals surface area contributed by atoms with Crippen molar-refractivity contribution in [1.29, 1.82) is 5.26 Å². The number of nitriles is 1. The van der Waals surface area contributed by atoms with Crippen LogP contribution in [0.15, 0.2) is 24.3 Å². The molecule has 1 heterocycles. The van der Waals surface area contributed by atoms with Gasteiger partial charge in [0.15, 0.2) is 0 Å². The van der Waals surface area contributed by atoms with Gasteiger partial charge in [-0.15, -0.1) is 0 Å². The predicted molar refractivity (Wildman–Crippen MR) is 49.2 cm³/mol. The Balaban J connectivity index is 2.25. The Morgan fingerprint density at radius 1 is 1.36 bits per heavy atom. The molecule has 1 aliphatic rings. The summed E-state index contributed by atoms with van der Waals surface area (Å²) in [7, 11) is 0. The molecule has 0 spiro atoms. The van der Waals surface area contributed by atoms with Crippen LogP contribution in [0.25, 0.3) is 0 Å². The predicted octanol–water partition coefficient (Wildman–Crippen LogP) is 1.23. The number of rotatable bonds is 1. The van der Waals surface area contributed by atoms with E-state index in [2.05, 4.69) is 0 Å². The minimum Gasteiger partial charge on any atom is -0.272 e. The highest BCUT2D eigenvalue weighted by Crippen LogP contribution is 2.20. The fourth-order valence-corrected chi connectivity index (χ4v) is 1.29. The number of carbonyl (C=O) groups is 1. The summed E-state index contributed by atoms with van der Waals surface area (Å²) in [5.74, 6) is -0.0466. The highest BCUT2D eigenvalue weighted by Gasteiger charge is 2.22. The Morgan fingerprint density at radius 3 is 2.57 bits per heavy atom. The Bertz CT molecular complexity index is 392. The van der Waals surface area contributed by atoms with Gasteiger partial charge in [-0.25, -0.2) is 0 Å². The monoisotopic (exact) mass is 188 g/mol. The first-order valence-corrected chi connectivity index (χ1v) is 4.27. The molecule has 4 nitrogen and oxygen atoms in total. The summed E-state index contributed by atoms with van der Waals surface area (Å²) in [6.07, 6.45) is 0.417. The van der Waals surface area contributed by atoms with Crippen molar-refractivity contribution in [3.8, 4) is 6.07 Å². The maximum Gasteiger partial charge on any atom is 0.253 e. The molecule has 70 valence electrons. The van der Waals surface area contributed by atoms with Crippen molar-refractivity contribution in [2.24, 2.45) is 0 Å². The van der Waals surface area contributed by atoms with E-state index >= 15 is 0 Å². The molecule has 0 bridgehead atoms. The second-order valence-electron chi connectivity index (χ2n) is 2.93. The third kappa shape index (κ3) is 1.45. The Kier molecular flexibility index (Phi) is 2.17. The normalized spacial score (nSPS) is 15.6. The highest BCUT2D eigenvalue weighted by atomic mass is 16.7. The first kappa shape index (κ1) is 8.73. The molecule has 1 saturated heterocycles. The Morgan fingerprint density at radius 2 is 2.07 bits per heavy atom. The van der Waals surface area contributed by atoms with Gasteiger partial charge in [0.1, 0.15) is 0 Å². The van der Waals surface area contributed by atoms with Crippen molar-refractivity contribution in [3.63, 3.8) is 0 Å². The lowest BCUT2D eigenvalue weighted by Gasteiger charge is -2.13. The van der Waals surface area contributed by atoms with Crippen LogP contribution in [-0.4, -0.2) is 12.5 Å². The van der Waals surface area contributed by atoms with Crippen LogP contribution in [0.4, 0.5) is 5.69 Å². The van der Waals surface area contributed by atoms with Crippen LogP contribution in [0.3, 0.4) is 0 Å². The molecule has 0 unspecified atom stereocenters. The van der Waals surface area contributed by atoms with E-state index in [9.17, 15) is 4.79 Å². The van der Waals surface area contributed by atoms with E-state index in [4.69, 9.17) is 10.1 Å². The summed E-state index contributed by atoms with van der Waals surface area (Å²) < 4.78 is 0. The summed E-state index contributed by atoms with van der Waals surface area (Å²) in [5, 5.41) is 9.85. The maximum absolute atomic E-state index is 11.3. The van der Waals surface area contributed by atoms with Crippen molar-refractivity contribution < 1.29 is 9.63 Å². The van der Waals surface area contributed by atoms with Crippen molar-refractivity contribution in [2.45, 2.75) is 6.42 Å².